The number of aromatic nitrogens is 2. The van der Waals surface area contributed by atoms with Gasteiger partial charge in [-0.3, -0.25) is 4.79 Å². The van der Waals surface area contributed by atoms with Crippen LogP contribution in [0.25, 0.3) is 0 Å². The number of hydrogen-bond acceptors (Lipinski definition) is 7. The Morgan fingerprint density at radius 1 is 1.27 bits per heavy atom. The van der Waals surface area contributed by atoms with Gasteiger partial charge >= 0.3 is 5.22 Å². The van der Waals surface area contributed by atoms with Crippen LogP contribution in [0.1, 0.15) is 44.7 Å². The van der Waals surface area contributed by atoms with Gasteiger partial charge in [-0.15, -0.1) is 5.10 Å². The van der Waals surface area contributed by atoms with Crippen LogP contribution < -0.4 is 11.1 Å². The molecular formula is C17H24N4O4S. The normalized spacial score (nSPS) is 13.0. The number of anilines is 1. The van der Waals surface area contributed by atoms with Crippen LogP contribution in [0.2, 0.25) is 0 Å². The molecular weight excluding hydrogens is 356 g/mol. The first-order valence-corrected chi connectivity index (χ1v) is 10.1. The van der Waals surface area contributed by atoms with E-state index in [4.69, 9.17) is 10.2 Å². The number of benzene rings is 1. The van der Waals surface area contributed by atoms with Crippen LogP contribution in [0.4, 0.5) is 5.69 Å². The Bertz CT molecular complexity index is 861. The van der Waals surface area contributed by atoms with Crippen molar-refractivity contribution in [3.8, 4) is 0 Å². The van der Waals surface area contributed by atoms with Gasteiger partial charge in [-0.05, 0) is 30.4 Å². The van der Waals surface area contributed by atoms with E-state index in [1.807, 2.05) is 32.9 Å². The third kappa shape index (κ3) is 5.12. The Morgan fingerprint density at radius 3 is 2.62 bits per heavy atom. The van der Waals surface area contributed by atoms with Crippen LogP contribution in [-0.4, -0.2) is 30.3 Å². The molecule has 0 aliphatic rings. The molecule has 1 heterocycles. The minimum Gasteiger partial charge on any atom is -0.411 e. The van der Waals surface area contributed by atoms with Gasteiger partial charge in [0.05, 0.1) is 6.04 Å². The zero-order valence-corrected chi connectivity index (χ0v) is 15.9. The number of nitrogens with one attached hydrogen (secondary N) is 1. The summed E-state index contributed by atoms with van der Waals surface area (Å²) in [4.78, 5) is 12.2. The molecule has 0 bridgehead atoms. The fourth-order valence-electron chi connectivity index (χ4n) is 2.48. The van der Waals surface area contributed by atoms with E-state index in [9.17, 15) is 13.2 Å². The van der Waals surface area contributed by atoms with Gasteiger partial charge in [-0.1, -0.05) is 44.1 Å². The van der Waals surface area contributed by atoms with E-state index in [1.54, 1.807) is 12.1 Å². The van der Waals surface area contributed by atoms with Gasteiger partial charge in [0, 0.05) is 5.69 Å². The number of para-hydroxylation sites is 1. The lowest BCUT2D eigenvalue weighted by molar-refractivity contribution is -0.113. The first-order chi connectivity index (χ1) is 12.2. The SMILES string of the molecule is CCc1ccccc1NC(=O)CS(=O)(=O)c1nnc(C(N)CC(C)C)o1. The van der Waals surface area contributed by atoms with Crippen molar-refractivity contribution in [1.82, 2.24) is 10.2 Å². The van der Waals surface area contributed by atoms with E-state index >= 15 is 0 Å². The summed E-state index contributed by atoms with van der Waals surface area (Å²) in [5.41, 5.74) is 7.42. The highest BCUT2D eigenvalue weighted by atomic mass is 32.2. The number of amides is 1. The molecule has 0 fully saturated rings. The number of sulfone groups is 1. The largest absolute Gasteiger partial charge is 0.411 e. The van der Waals surface area contributed by atoms with Crippen molar-refractivity contribution >= 4 is 21.4 Å². The average molecular weight is 380 g/mol. The van der Waals surface area contributed by atoms with E-state index in [2.05, 4.69) is 15.5 Å². The number of rotatable bonds is 8. The summed E-state index contributed by atoms with van der Waals surface area (Å²) in [7, 11) is -4.05. The van der Waals surface area contributed by atoms with Crippen LogP contribution >= 0.6 is 0 Å². The Hall–Kier alpha value is -2.26. The van der Waals surface area contributed by atoms with Crippen molar-refractivity contribution in [2.45, 2.75) is 44.9 Å². The Morgan fingerprint density at radius 2 is 1.96 bits per heavy atom. The van der Waals surface area contributed by atoms with Crippen molar-refractivity contribution in [3.05, 3.63) is 35.7 Å². The summed E-state index contributed by atoms with van der Waals surface area (Å²) in [6, 6.07) is 6.66. The molecule has 1 aromatic heterocycles. The Kier molecular flexibility index (Phi) is 6.49. The first-order valence-electron chi connectivity index (χ1n) is 8.42. The highest BCUT2D eigenvalue weighted by Gasteiger charge is 2.27. The monoisotopic (exact) mass is 380 g/mol. The van der Waals surface area contributed by atoms with E-state index in [0.29, 0.717) is 24.4 Å². The predicted molar refractivity (Wildman–Crippen MR) is 97.2 cm³/mol. The fourth-order valence-corrected chi connectivity index (χ4v) is 3.39. The molecule has 0 saturated carbocycles. The van der Waals surface area contributed by atoms with Gasteiger partial charge in [0.2, 0.25) is 21.6 Å². The number of aryl methyl sites for hydroxylation is 1. The van der Waals surface area contributed by atoms with Crippen LogP contribution in [0.5, 0.6) is 0 Å². The summed E-state index contributed by atoms with van der Waals surface area (Å²) in [5.74, 6) is -1.11. The molecule has 26 heavy (non-hydrogen) atoms. The molecule has 3 N–H and O–H groups in total. The molecule has 1 unspecified atom stereocenters. The van der Waals surface area contributed by atoms with E-state index < -0.39 is 32.8 Å². The quantitative estimate of drug-likeness (QED) is 0.717. The first kappa shape index (κ1) is 20.1. The fraction of sp³-hybridized carbons (Fsp3) is 0.471. The number of nitrogens with two attached hydrogens (primary N) is 1. The van der Waals surface area contributed by atoms with E-state index in [0.717, 1.165) is 5.56 Å². The predicted octanol–water partition coefficient (Wildman–Crippen LogP) is 2.09. The van der Waals surface area contributed by atoms with Crippen molar-refractivity contribution in [3.63, 3.8) is 0 Å². The molecule has 0 radical (unpaired) electrons. The van der Waals surface area contributed by atoms with Crippen LogP contribution in [0, 0.1) is 5.92 Å². The molecule has 0 spiro atoms. The number of hydrogen-bond donors (Lipinski definition) is 2. The van der Waals surface area contributed by atoms with E-state index in [1.165, 1.54) is 0 Å². The summed E-state index contributed by atoms with van der Waals surface area (Å²) >= 11 is 0. The van der Waals surface area contributed by atoms with Crippen LogP contribution in [0.15, 0.2) is 33.9 Å². The molecule has 8 nitrogen and oxygen atoms in total. The maximum atomic E-state index is 12.3. The molecule has 1 atom stereocenters. The summed E-state index contributed by atoms with van der Waals surface area (Å²) < 4.78 is 29.9. The maximum absolute atomic E-state index is 12.3. The Labute approximate surface area is 153 Å². The molecule has 0 saturated heterocycles. The molecule has 1 amide bonds. The van der Waals surface area contributed by atoms with Gasteiger partial charge in [-0.2, -0.15) is 0 Å². The molecule has 2 aromatic rings. The van der Waals surface area contributed by atoms with Gasteiger partial charge < -0.3 is 15.5 Å². The van der Waals surface area contributed by atoms with Crippen LogP contribution in [-0.2, 0) is 21.1 Å². The summed E-state index contributed by atoms with van der Waals surface area (Å²) in [5, 5.41) is 9.27. The lowest BCUT2D eigenvalue weighted by atomic mass is 10.1. The third-order valence-corrected chi connectivity index (χ3v) is 5.06. The minimum absolute atomic E-state index is 0.0500. The van der Waals surface area contributed by atoms with Crippen molar-refractivity contribution < 1.29 is 17.6 Å². The lowest BCUT2D eigenvalue weighted by Gasteiger charge is -2.09. The van der Waals surface area contributed by atoms with Crippen LogP contribution in [0.3, 0.4) is 0 Å². The van der Waals surface area contributed by atoms with Gasteiger partial charge in [0.1, 0.15) is 5.75 Å². The average Bonchev–Trinajstić information content (AvgIpc) is 3.05. The van der Waals surface area contributed by atoms with Crippen molar-refractivity contribution in [2.24, 2.45) is 11.7 Å². The van der Waals surface area contributed by atoms with E-state index in [-0.39, 0.29) is 5.89 Å². The molecule has 0 aliphatic heterocycles. The number of carbonyl (C=O) groups excluding carboxylic acids is 1. The van der Waals surface area contributed by atoms with Gasteiger partial charge in [-0.25, -0.2) is 8.42 Å². The van der Waals surface area contributed by atoms with Crippen molar-refractivity contribution in [2.75, 3.05) is 11.1 Å². The molecule has 9 heteroatoms. The van der Waals surface area contributed by atoms with Gasteiger partial charge in [0.25, 0.3) is 0 Å². The molecule has 0 aliphatic carbocycles. The Balaban J connectivity index is 2.08. The minimum atomic E-state index is -4.05. The second-order valence-corrected chi connectivity index (χ2v) is 8.33. The second kappa shape index (κ2) is 8.41. The smallest absolute Gasteiger partial charge is 0.336 e. The van der Waals surface area contributed by atoms with Crippen molar-refractivity contribution in [1.29, 1.82) is 0 Å². The summed E-state index contributed by atoms with van der Waals surface area (Å²) in [6.45, 7) is 5.90. The maximum Gasteiger partial charge on any atom is 0.336 e. The molecule has 2 rings (SSSR count). The standard InChI is InChI=1S/C17H24N4O4S/c1-4-12-7-5-6-8-14(12)19-15(22)10-26(23,24)17-21-20-16(25-17)13(18)9-11(2)3/h5-8,11,13H,4,9-10,18H2,1-3H3,(H,19,22). The zero-order valence-electron chi connectivity index (χ0n) is 15.1. The number of carbonyl (C=O) groups is 1. The zero-order chi connectivity index (χ0) is 19.3. The summed E-state index contributed by atoms with van der Waals surface area (Å²) in [6.07, 6.45) is 1.29. The number of nitrogens with zero attached hydrogens (tertiary/aromatic N) is 2. The molecule has 1 aromatic carbocycles. The second-order valence-electron chi connectivity index (χ2n) is 6.46. The third-order valence-electron chi connectivity index (χ3n) is 3.72. The highest BCUT2D eigenvalue weighted by molar-refractivity contribution is 7.91. The topological polar surface area (TPSA) is 128 Å². The lowest BCUT2D eigenvalue weighted by Crippen LogP contribution is -2.23. The highest BCUT2D eigenvalue weighted by Crippen LogP contribution is 2.20. The molecule has 142 valence electrons. The van der Waals surface area contributed by atoms with Gasteiger partial charge in [0.15, 0.2) is 0 Å².